The molecule has 10 heteroatoms. The summed E-state index contributed by atoms with van der Waals surface area (Å²) in [5.74, 6) is -2.61. The molecule has 0 spiro atoms. The Bertz CT molecular complexity index is 1120. The van der Waals surface area contributed by atoms with E-state index in [4.69, 9.17) is 0 Å². The van der Waals surface area contributed by atoms with Gasteiger partial charge in [-0.2, -0.15) is 13.2 Å². The Balaban J connectivity index is 1.76. The van der Waals surface area contributed by atoms with Crippen molar-refractivity contribution >= 4 is 22.9 Å². The van der Waals surface area contributed by atoms with Crippen molar-refractivity contribution in [2.45, 2.75) is 25.6 Å². The summed E-state index contributed by atoms with van der Waals surface area (Å²) in [6.45, 7) is 4.88. The van der Waals surface area contributed by atoms with Crippen LogP contribution in [0.2, 0.25) is 0 Å². The third-order valence-corrected chi connectivity index (χ3v) is 5.98. The minimum Gasteiger partial charge on any atom is -0.367 e. The molecule has 0 saturated carbocycles. The minimum absolute atomic E-state index is 0.0982. The predicted octanol–water partition coefficient (Wildman–Crippen LogP) is 4.41. The topological polar surface area (TPSA) is 56.4 Å². The number of carbonyl (C=O) groups excluding carboxylic acids is 1. The molecule has 2 aromatic carbocycles. The Morgan fingerprint density at radius 2 is 1.94 bits per heavy atom. The summed E-state index contributed by atoms with van der Waals surface area (Å²) in [5, 5.41) is 8.96. The van der Waals surface area contributed by atoms with Crippen molar-refractivity contribution in [3.05, 3.63) is 64.7 Å². The maximum atomic E-state index is 15.2. The molecule has 0 aliphatic carbocycles. The van der Waals surface area contributed by atoms with Gasteiger partial charge in [0.25, 0.3) is 5.91 Å². The second kappa shape index (κ2) is 9.71. The van der Waals surface area contributed by atoms with Crippen LogP contribution in [0.4, 0.5) is 33.3 Å². The lowest BCUT2D eigenvalue weighted by Crippen LogP contribution is -2.49. The van der Waals surface area contributed by atoms with Crippen molar-refractivity contribution in [2.75, 3.05) is 42.9 Å². The Hall–Kier alpha value is -2.98. The number of nitrogens with zero attached hydrogens (tertiary/aromatic N) is 1. The monoisotopic (exact) mass is 480 g/mol. The van der Waals surface area contributed by atoms with Gasteiger partial charge >= 0.3 is 6.18 Å². The summed E-state index contributed by atoms with van der Waals surface area (Å²) in [4.78, 5) is 14.9. The molecule has 5 nitrogen and oxygen atoms in total. The lowest BCUT2D eigenvalue weighted by Gasteiger charge is -2.35. The zero-order chi connectivity index (χ0) is 24.5. The number of benzene rings is 2. The zero-order valence-corrected chi connectivity index (χ0v) is 18.5. The maximum absolute atomic E-state index is 15.2. The van der Waals surface area contributed by atoms with Gasteiger partial charge in [0, 0.05) is 37.8 Å². The number of piperazine rings is 1. The number of anilines is 2. The van der Waals surface area contributed by atoms with Crippen molar-refractivity contribution in [3.8, 4) is 0 Å². The molecule has 2 aliphatic heterocycles. The molecule has 1 amide bonds. The first-order chi connectivity index (χ1) is 16.1. The molecule has 2 aliphatic rings. The van der Waals surface area contributed by atoms with Gasteiger partial charge < -0.3 is 20.9 Å². The highest BCUT2D eigenvalue weighted by Crippen LogP contribution is 2.36. The van der Waals surface area contributed by atoms with Crippen LogP contribution >= 0.6 is 0 Å². The molecule has 1 fully saturated rings. The average molecular weight is 480 g/mol. The number of alkyl halides is 3. The average Bonchev–Trinajstić information content (AvgIpc) is 2.80. The summed E-state index contributed by atoms with van der Waals surface area (Å²) < 4.78 is 69.1. The Morgan fingerprint density at radius 1 is 1.15 bits per heavy atom. The van der Waals surface area contributed by atoms with Gasteiger partial charge in [0.1, 0.15) is 11.6 Å². The molecule has 2 heterocycles. The van der Waals surface area contributed by atoms with Crippen LogP contribution in [-0.2, 0) is 6.18 Å². The summed E-state index contributed by atoms with van der Waals surface area (Å²) in [6, 6.07) is 4.80. The van der Waals surface area contributed by atoms with Crippen molar-refractivity contribution in [2.24, 2.45) is 0 Å². The fourth-order valence-electron chi connectivity index (χ4n) is 4.33. The van der Waals surface area contributed by atoms with Crippen molar-refractivity contribution in [1.29, 1.82) is 0 Å². The maximum Gasteiger partial charge on any atom is 0.417 e. The first-order valence-corrected chi connectivity index (χ1v) is 11.0. The molecule has 1 saturated heterocycles. The zero-order valence-electron chi connectivity index (χ0n) is 18.5. The number of hydrogen-bond acceptors (Lipinski definition) is 4. The van der Waals surface area contributed by atoms with Gasteiger partial charge in [-0.3, -0.25) is 4.79 Å². The number of nitrogens with one attached hydrogen (secondary N) is 3. The van der Waals surface area contributed by atoms with Crippen molar-refractivity contribution in [1.82, 2.24) is 10.6 Å². The number of rotatable bonds is 4. The van der Waals surface area contributed by atoms with Gasteiger partial charge in [0.2, 0.25) is 0 Å². The van der Waals surface area contributed by atoms with E-state index in [0.717, 1.165) is 17.7 Å². The number of amides is 1. The van der Waals surface area contributed by atoms with E-state index in [1.54, 1.807) is 0 Å². The fourth-order valence-corrected chi connectivity index (χ4v) is 4.33. The van der Waals surface area contributed by atoms with Gasteiger partial charge in [-0.15, -0.1) is 0 Å². The minimum atomic E-state index is -4.92. The molecule has 0 aromatic heterocycles. The van der Waals surface area contributed by atoms with E-state index in [2.05, 4.69) is 16.0 Å². The van der Waals surface area contributed by atoms with E-state index in [1.807, 2.05) is 17.9 Å². The summed E-state index contributed by atoms with van der Waals surface area (Å²) >= 11 is 0. The molecule has 0 radical (unpaired) electrons. The number of hydrogen-bond donors (Lipinski definition) is 3. The van der Waals surface area contributed by atoms with Crippen LogP contribution in [0.1, 0.15) is 34.8 Å². The predicted molar refractivity (Wildman–Crippen MR) is 121 cm³/mol. The van der Waals surface area contributed by atoms with E-state index < -0.39 is 34.8 Å². The second-order valence-electron chi connectivity index (χ2n) is 8.48. The molecule has 2 aromatic rings. The standard InChI is InChI=1S/C24H25F5N4O/c1-14-13-33(9-8-31-14)22-12-20(26)18(15-4-6-30-7-5-15)11-21(22)32-23(34)17-3-2-16(25)10-19(17)24(27,28)29/h2-4,10-12,14,30-31H,5-9,13H2,1H3,(H,32,34)/t14-/m0/s1. The Morgan fingerprint density at radius 3 is 2.62 bits per heavy atom. The highest BCUT2D eigenvalue weighted by atomic mass is 19.4. The van der Waals surface area contributed by atoms with Crippen LogP contribution in [0.3, 0.4) is 0 Å². The van der Waals surface area contributed by atoms with Gasteiger partial charge in [-0.05, 0) is 55.8 Å². The largest absolute Gasteiger partial charge is 0.417 e. The third kappa shape index (κ3) is 5.23. The lowest BCUT2D eigenvalue weighted by atomic mass is 9.97. The molecular formula is C24H25F5N4O. The SMILES string of the molecule is C[C@H]1CN(c2cc(F)c(C3=CCNCC3)cc2NC(=O)c2ccc(F)cc2C(F)(F)F)CCN1. The molecule has 3 N–H and O–H groups in total. The van der Waals surface area contributed by atoms with E-state index in [9.17, 15) is 22.4 Å². The van der Waals surface area contributed by atoms with Crippen LogP contribution in [0.5, 0.6) is 0 Å². The van der Waals surface area contributed by atoms with E-state index in [-0.39, 0.29) is 11.7 Å². The fraction of sp³-hybridized carbons (Fsp3) is 0.375. The van der Waals surface area contributed by atoms with Gasteiger partial charge in [0.15, 0.2) is 0 Å². The Labute approximate surface area is 194 Å². The highest BCUT2D eigenvalue weighted by Gasteiger charge is 2.36. The normalized spacial score (nSPS) is 19.1. The van der Waals surface area contributed by atoms with Crippen molar-refractivity contribution < 1.29 is 26.7 Å². The Kier molecular flexibility index (Phi) is 6.90. The molecule has 0 bridgehead atoms. The first kappa shape index (κ1) is 24.2. The molecule has 0 unspecified atom stereocenters. The van der Waals surface area contributed by atoms with Gasteiger partial charge in [0.05, 0.1) is 22.5 Å². The molecule has 1 atom stereocenters. The smallest absolute Gasteiger partial charge is 0.367 e. The van der Waals surface area contributed by atoms with Gasteiger partial charge in [-0.25, -0.2) is 8.78 Å². The first-order valence-electron chi connectivity index (χ1n) is 11.0. The van der Waals surface area contributed by atoms with E-state index >= 15 is 4.39 Å². The van der Waals surface area contributed by atoms with Crippen LogP contribution in [0.25, 0.3) is 5.57 Å². The van der Waals surface area contributed by atoms with Crippen molar-refractivity contribution in [3.63, 3.8) is 0 Å². The highest BCUT2D eigenvalue weighted by molar-refractivity contribution is 6.07. The molecule has 34 heavy (non-hydrogen) atoms. The quantitative estimate of drug-likeness (QED) is 0.568. The molecule has 4 rings (SSSR count). The van der Waals surface area contributed by atoms with Gasteiger partial charge in [-0.1, -0.05) is 6.08 Å². The molecular weight excluding hydrogens is 455 g/mol. The molecule has 182 valence electrons. The summed E-state index contributed by atoms with van der Waals surface area (Å²) in [7, 11) is 0. The lowest BCUT2D eigenvalue weighted by molar-refractivity contribution is -0.138. The summed E-state index contributed by atoms with van der Waals surface area (Å²) in [6.07, 6.45) is -2.49. The van der Waals surface area contributed by atoms with Crippen LogP contribution in [0, 0.1) is 11.6 Å². The van der Waals surface area contributed by atoms with E-state index in [0.29, 0.717) is 56.5 Å². The second-order valence-corrected chi connectivity index (χ2v) is 8.48. The van der Waals surface area contributed by atoms with Crippen LogP contribution < -0.4 is 20.9 Å². The number of halogens is 5. The van der Waals surface area contributed by atoms with Crippen LogP contribution in [-0.4, -0.2) is 44.7 Å². The van der Waals surface area contributed by atoms with Crippen LogP contribution in [0.15, 0.2) is 36.4 Å². The van der Waals surface area contributed by atoms with E-state index in [1.165, 1.54) is 12.1 Å². The summed E-state index contributed by atoms with van der Waals surface area (Å²) in [5.41, 5.74) is -0.449. The third-order valence-electron chi connectivity index (χ3n) is 5.98. The number of carbonyl (C=O) groups is 1.